The lowest BCUT2D eigenvalue weighted by Crippen LogP contribution is -2.11. The maximum Gasteiger partial charge on any atom is 0.0386 e. The molecule has 1 heterocycles. The van der Waals surface area contributed by atoms with Crippen LogP contribution in [0.4, 0.5) is 0 Å². The highest BCUT2D eigenvalue weighted by atomic mass is 32.1. The van der Waals surface area contributed by atoms with Gasteiger partial charge in [0.15, 0.2) is 0 Å². The van der Waals surface area contributed by atoms with E-state index in [2.05, 4.69) is 30.6 Å². The van der Waals surface area contributed by atoms with Gasteiger partial charge < -0.3 is 5.32 Å². The van der Waals surface area contributed by atoms with Crippen LogP contribution in [0.15, 0.2) is 11.4 Å². The largest absolute Gasteiger partial charge is 0.313 e. The summed E-state index contributed by atoms with van der Waals surface area (Å²) in [6, 6.07) is 2.66. The van der Waals surface area contributed by atoms with Crippen LogP contribution in [0, 0.1) is 6.92 Å². The third-order valence-corrected chi connectivity index (χ3v) is 2.93. The molecule has 0 spiro atoms. The van der Waals surface area contributed by atoms with E-state index in [1.165, 1.54) is 10.4 Å². The molecule has 1 rings (SSSR count). The zero-order chi connectivity index (χ0) is 7.56. The molecule has 1 atom stereocenters. The van der Waals surface area contributed by atoms with Crippen LogP contribution < -0.4 is 5.32 Å². The average molecular weight is 155 g/mol. The van der Waals surface area contributed by atoms with E-state index in [1.54, 1.807) is 0 Å². The number of rotatable bonds is 2. The summed E-state index contributed by atoms with van der Waals surface area (Å²) in [7, 11) is 1.99. The second kappa shape index (κ2) is 3.17. The van der Waals surface area contributed by atoms with Gasteiger partial charge in [0.25, 0.3) is 0 Å². The number of hydrogen-bond donors (Lipinski definition) is 1. The zero-order valence-corrected chi connectivity index (χ0v) is 7.46. The van der Waals surface area contributed by atoms with Crippen LogP contribution in [0.3, 0.4) is 0 Å². The van der Waals surface area contributed by atoms with Gasteiger partial charge in [-0.3, -0.25) is 0 Å². The van der Waals surface area contributed by atoms with Gasteiger partial charge in [-0.1, -0.05) is 0 Å². The van der Waals surface area contributed by atoms with E-state index in [9.17, 15) is 0 Å². The molecule has 0 aliphatic rings. The molecule has 0 radical (unpaired) electrons. The summed E-state index contributed by atoms with van der Waals surface area (Å²) in [4.78, 5) is 1.45. The Labute approximate surface area is 66.1 Å². The van der Waals surface area contributed by atoms with Crippen LogP contribution in [0.1, 0.15) is 23.4 Å². The van der Waals surface area contributed by atoms with Gasteiger partial charge in [-0.15, -0.1) is 11.3 Å². The minimum atomic E-state index is 0.500. The molecule has 1 aromatic rings. The Bertz CT molecular complexity index is 205. The van der Waals surface area contributed by atoms with E-state index < -0.39 is 0 Å². The van der Waals surface area contributed by atoms with Gasteiger partial charge in [0.1, 0.15) is 0 Å². The maximum absolute atomic E-state index is 3.22. The first-order chi connectivity index (χ1) is 4.75. The van der Waals surface area contributed by atoms with Gasteiger partial charge in [-0.25, -0.2) is 0 Å². The number of hydrogen-bond acceptors (Lipinski definition) is 2. The predicted octanol–water partition coefficient (Wildman–Crippen LogP) is 2.34. The molecule has 1 aromatic heterocycles. The van der Waals surface area contributed by atoms with E-state index in [0.717, 1.165) is 0 Å². The second-order valence-electron chi connectivity index (χ2n) is 2.48. The number of nitrogens with one attached hydrogen (secondary N) is 1. The van der Waals surface area contributed by atoms with Crippen molar-refractivity contribution in [1.82, 2.24) is 5.32 Å². The number of thiophene rings is 1. The minimum Gasteiger partial charge on any atom is -0.313 e. The quantitative estimate of drug-likeness (QED) is 0.691. The van der Waals surface area contributed by atoms with Gasteiger partial charge in [0.2, 0.25) is 0 Å². The first-order valence-corrected chi connectivity index (χ1v) is 4.35. The third-order valence-electron chi connectivity index (χ3n) is 1.73. The Hall–Kier alpha value is -0.340. The number of aryl methyl sites for hydroxylation is 1. The van der Waals surface area contributed by atoms with E-state index in [-0.39, 0.29) is 0 Å². The lowest BCUT2D eigenvalue weighted by atomic mass is 10.2. The Kier molecular flexibility index (Phi) is 2.46. The smallest absolute Gasteiger partial charge is 0.0386 e. The Morgan fingerprint density at radius 1 is 1.60 bits per heavy atom. The summed E-state index contributed by atoms with van der Waals surface area (Å²) in [5.41, 5.74) is 1.40. The maximum atomic E-state index is 3.22. The first kappa shape index (κ1) is 7.76. The summed E-state index contributed by atoms with van der Waals surface area (Å²) in [5.74, 6) is 0. The Morgan fingerprint density at radius 2 is 2.30 bits per heavy atom. The molecule has 0 bridgehead atoms. The molecular formula is C8H13NS. The summed E-state index contributed by atoms with van der Waals surface area (Å²) in [6.45, 7) is 4.33. The topological polar surface area (TPSA) is 12.0 Å². The van der Waals surface area contributed by atoms with E-state index in [1.807, 2.05) is 18.4 Å². The van der Waals surface area contributed by atoms with Gasteiger partial charge in [-0.2, -0.15) is 0 Å². The highest BCUT2D eigenvalue weighted by Gasteiger charge is 2.05. The van der Waals surface area contributed by atoms with Gasteiger partial charge in [0.05, 0.1) is 0 Å². The Balaban J connectivity index is 2.82. The molecule has 1 nitrogen and oxygen atoms in total. The lowest BCUT2D eigenvalue weighted by molar-refractivity contribution is 0.661. The van der Waals surface area contributed by atoms with Crippen molar-refractivity contribution in [1.29, 1.82) is 0 Å². The molecule has 10 heavy (non-hydrogen) atoms. The molecule has 0 aromatic carbocycles. The highest BCUT2D eigenvalue weighted by Crippen LogP contribution is 2.22. The standard InChI is InChI=1S/C8H13NS/c1-6-4-5-10-8(6)7(2)9-3/h4-5,7,9H,1-3H3/t7-/m1/s1. The minimum absolute atomic E-state index is 0.500. The SMILES string of the molecule is CN[C@H](C)c1sccc1C. The second-order valence-corrected chi connectivity index (χ2v) is 3.43. The van der Waals surface area contributed by atoms with Crippen LogP contribution in [0.25, 0.3) is 0 Å². The average Bonchev–Trinajstić information content (AvgIpc) is 2.34. The summed E-state index contributed by atoms with van der Waals surface area (Å²) < 4.78 is 0. The van der Waals surface area contributed by atoms with Gasteiger partial charge in [-0.05, 0) is 37.9 Å². The van der Waals surface area contributed by atoms with Crippen LogP contribution in [-0.4, -0.2) is 7.05 Å². The van der Waals surface area contributed by atoms with Crippen molar-refractivity contribution in [2.45, 2.75) is 19.9 Å². The van der Waals surface area contributed by atoms with E-state index in [0.29, 0.717) is 6.04 Å². The fraction of sp³-hybridized carbons (Fsp3) is 0.500. The molecule has 0 saturated heterocycles. The van der Waals surface area contributed by atoms with Crippen molar-refractivity contribution in [3.63, 3.8) is 0 Å². The Morgan fingerprint density at radius 3 is 2.70 bits per heavy atom. The van der Waals surface area contributed by atoms with Crippen molar-refractivity contribution < 1.29 is 0 Å². The van der Waals surface area contributed by atoms with Crippen LogP contribution >= 0.6 is 11.3 Å². The van der Waals surface area contributed by atoms with Crippen molar-refractivity contribution in [2.75, 3.05) is 7.05 Å². The van der Waals surface area contributed by atoms with Gasteiger partial charge >= 0.3 is 0 Å². The van der Waals surface area contributed by atoms with Crippen molar-refractivity contribution in [3.05, 3.63) is 21.9 Å². The molecule has 1 N–H and O–H groups in total. The van der Waals surface area contributed by atoms with Crippen LogP contribution in [0.5, 0.6) is 0 Å². The fourth-order valence-electron chi connectivity index (χ4n) is 0.959. The molecule has 0 amide bonds. The van der Waals surface area contributed by atoms with E-state index in [4.69, 9.17) is 0 Å². The van der Waals surface area contributed by atoms with Crippen molar-refractivity contribution in [3.8, 4) is 0 Å². The third kappa shape index (κ3) is 1.39. The normalized spacial score (nSPS) is 13.5. The van der Waals surface area contributed by atoms with Crippen LogP contribution in [-0.2, 0) is 0 Å². The van der Waals surface area contributed by atoms with Crippen LogP contribution in [0.2, 0.25) is 0 Å². The molecule has 0 unspecified atom stereocenters. The summed E-state index contributed by atoms with van der Waals surface area (Å²) in [6.07, 6.45) is 0. The fourth-order valence-corrected chi connectivity index (χ4v) is 1.95. The zero-order valence-electron chi connectivity index (χ0n) is 6.64. The molecule has 0 aliphatic carbocycles. The molecular weight excluding hydrogens is 142 g/mol. The monoisotopic (exact) mass is 155 g/mol. The molecule has 56 valence electrons. The highest BCUT2D eigenvalue weighted by molar-refractivity contribution is 7.10. The van der Waals surface area contributed by atoms with Crippen molar-refractivity contribution >= 4 is 11.3 Å². The van der Waals surface area contributed by atoms with E-state index >= 15 is 0 Å². The summed E-state index contributed by atoms with van der Waals surface area (Å²) in [5, 5.41) is 5.36. The van der Waals surface area contributed by atoms with Gasteiger partial charge in [0, 0.05) is 10.9 Å². The molecule has 0 aliphatic heterocycles. The molecule has 0 fully saturated rings. The molecule has 0 saturated carbocycles. The first-order valence-electron chi connectivity index (χ1n) is 3.47. The summed E-state index contributed by atoms with van der Waals surface area (Å²) >= 11 is 1.82. The molecule has 2 heteroatoms. The van der Waals surface area contributed by atoms with Crippen molar-refractivity contribution in [2.24, 2.45) is 0 Å². The lowest BCUT2D eigenvalue weighted by Gasteiger charge is -2.07. The predicted molar refractivity (Wildman–Crippen MR) is 46.5 cm³/mol.